The summed E-state index contributed by atoms with van der Waals surface area (Å²) in [5.74, 6) is 0.381. The third kappa shape index (κ3) is 2.13. The van der Waals surface area contributed by atoms with E-state index in [1.807, 2.05) is 6.08 Å². The Kier molecular flexibility index (Phi) is 3.22. The number of allylic oxidation sites excluding steroid dienone is 1. The lowest BCUT2D eigenvalue weighted by atomic mass is 9.73. The molecule has 0 bridgehead atoms. The fourth-order valence-electron chi connectivity index (χ4n) is 2.31. The molecule has 2 unspecified atom stereocenters. The number of rotatable bonds is 5. The maximum absolute atomic E-state index is 10.0. The van der Waals surface area contributed by atoms with E-state index in [1.165, 1.54) is 11.1 Å². The number of aliphatic hydroxyl groups is 1. The second-order valence-electron chi connectivity index (χ2n) is 4.30. The number of unbranched alkanes of at least 4 members (excludes halogenated alkanes) is 1. The summed E-state index contributed by atoms with van der Waals surface area (Å²) in [6.45, 7) is 3.69. The predicted octanol–water partition coefficient (Wildman–Crippen LogP) is 3.04. The van der Waals surface area contributed by atoms with Gasteiger partial charge >= 0.3 is 0 Å². The molecule has 1 nitrogen and oxygen atoms in total. The van der Waals surface area contributed by atoms with Gasteiger partial charge in [0.15, 0.2) is 0 Å². The summed E-state index contributed by atoms with van der Waals surface area (Å²) in [4.78, 5) is 0. The maximum Gasteiger partial charge on any atom is 0.0612 e. The lowest BCUT2D eigenvalue weighted by Gasteiger charge is -2.33. The van der Waals surface area contributed by atoms with Crippen LogP contribution in [-0.4, -0.2) is 11.2 Å². The highest BCUT2D eigenvalue weighted by molar-refractivity contribution is 5.40. The van der Waals surface area contributed by atoms with Gasteiger partial charge in [0, 0.05) is 5.92 Å². The van der Waals surface area contributed by atoms with Gasteiger partial charge in [0.1, 0.15) is 0 Å². The molecule has 0 spiro atoms. The van der Waals surface area contributed by atoms with Crippen molar-refractivity contribution in [1.82, 2.24) is 0 Å². The highest BCUT2D eigenvalue weighted by Crippen LogP contribution is 2.38. The first kappa shape index (κ1) is 10.4. The SMILES string of the molecule is C=CCCCC(O)C1Cc2ccccc21. The van der Waals surface area contributed by atoms with Gasteiger partial charge in [-0.25, -0.2) is 0 Å². The third-order valence-electron chi connectivity index (χ3n) is 3.27. The predicted molar refractivity (Wildman–Crippen MR) is 62.9 cm³/mol. The van der Waals surface area contributed by atoms with Crippen molar-refractivity contribution in [1.29, 1.82) is 0 Å². The van der Waals surface area contributed by atoms with Crippen LogP contribution in [0.5, 0.6) is 0 Å². The van der Waals surface area contributed by atoms with Crippen LogP contribution in [0.2, 0.25) is 0 Å². The summed E-state index contributed by atoms with van der Waals surface area (Å²) in [5.41, 5.74) is 2.76. The van der Waals surface area contributed by atoms with Crippen LogP contribution >= 0.6 is 0 Å². The summed E-state index contributed by atoms with van der Waals surface area (Å²) in [7, 11) is 0. The molecular weight excluding hydrogens is 184 g/mol. The van der Waals surface area contributed by atoms with Crippen molar-refractivity contribution >= 4 is 0 Å². The van der Waals surface area contributed by atoms with Crippen molar-refractivity contribution in [3.05, 3.63) is 48.0 Å². The third-order valence-corrected chi connectivity index (χ3v) is 3.27. The number of hydrogen-bond acceptors (Lipinski definition) is 1. The summed E-state index contributed by atoms with van der Waals surface area (Å²) in [5, 5.41) is 10.0. The summed E-state index contributed by atoms with van der Waals surface area (Å²) in [6, 6.07) is 8.42. The molecule has 1 aromatic rings. The number of fused-ring (bicyclic) bond motifs is 1. The highest BCUT2D eigenvalue weighted by atomic mass is 16.3. The van der Waals surface area contributed by atoms with Gasteiger partial charge in [-0.1, -0.05) is 30.3 Å². The van der Waals surface area contributed by atoms with Gasteiger partial charge in [-0.05, 0) is 36.8 Å². The molecule has 0 amide bonds. The smallest absolute Gasteiger partial charge is 0.0612 e. The maximum atomic E-state index is 10.0. The van der Waals surface area contributed by atoms with Crippen molar-refractivity contribution in [3.63, 3.8) is 0 Å². The Hall–Kier alpha value is -1.08. The van der Waals surface area contributed by atoms with Gasteiger partial charge in [0.25, 0.3) is 0 Å². The van der Waals surface area contributed by atoms with Crippen molar-refractivity contribution in [2.24, 2.45) is 0 Å². The molecule has 0 radical (unpaired) electrons. The van der Waals surface area contributed by atoms with E-state index in [2.05, 4.69) is 30.8 Å². The zero-order chi connectivity index (χ0) is 10.7. The number of hydrogen-bond donors (Lipinski definition) is 1. The van der Waals surface area contributed by atoms with E-state index in [-0.39, 0.29) is 6.10 Å². The monoisotopic (exact) mass is 202 g/mol. The Morgan fingerprint density at radius 3 is 3.00 bits per heavy atom. The average Bonchev–Trinajstić information content (AvgIpc) is 2.20. The second kappa shape index (κ2) is 4.63. The van der Waals surface area contributed by atoms with E-state index in [4.69, 9.17) is 0 Å². The Morgan fingerprint density at radius 2 is 2.27 bits per heavy atom. The molecule has 0 aromatic heterocycles. The first-order chi connectivity index (χ1) is 7.33. The Morgan fingerprint density at radius 1 is 1.47 bits per heavy atom. The van der Waals surface area contributed by atoms with E-state index < -0.39 is 0 Å². The largest absolute Gasteiger partial charge is 0.392 e. The van der Waals surface area contributed by atoms with Crippen molar-refractivity contribution in [2.75, 3.05) is 0 Å². The van der Waals surface area contributed by atoms with Crippen molar-refractivity contribution in [2.45, 2.75) is 37.7 Å². The second-order valence-corrected chi connectivity index (χ2v) is 4.30. The molecule has 1 aromatic carbocycles. The van der Waals surface area contributed by atoms with Gasteiger partial charge in [-0.3, -0.25) is 0 Å². The number of benzene rings is 1. The summed E-state index contributed by atoms with van der Waals surface area (Å²) >= 11 is 0. The topological polar surface area (TPSA) is 20.2 Å². The van der Waals surface area contributed by atoms with Crippen LogP contribution in [0.15, 0.2) is 36.9 Å². The van der Waals surface area contributed by atoms with E-state index in [0.29, 0.717) is 5.92 Å². The van der Waals surface area contributed by atoms with Crippen LogP contribution in [0.25, 0.3) is 0 Å². The number of aliphatic hydroxyl groups excluding tert-OH is 1. The molecule has 1 aliphatic rings. The van der Waals surface area contributed by atoms with Gasteiger partial charge in [0.2, 0.25) is 0 Å². The van der Waals surface area contributed by atoms with Crippen molar-refractivity contribution in [3.8, 4) is 0 Å². The molecule has 0 heterocycles. The molecule has 0 saturated heterocycles. The van der Waals surface area contributed by atoms with Crippen LogP contribution in [0.4, 0.5) is 0 Å². The highest BCUT2D eigenvalue weighted by Gasteiger charge is 2.30. The molecule has 0 fully saturated rings. The van der Waals surface area contributed by atoms with E-state index >= 15 is 0 Å². The van der Waals surface area contributed by atoms with Gasteiger partial charge < -0.3 is 5.11 Å². The Labute approximate surface area is 91.4 Å². The fraction of sp³-hybridized carbons (Fsp3) is 0.429. The van der Waals surface area contributed by atoms with Crippen LogP contribution in [0, 0.1) is 0 Å². The minimum atomic E-state index is -0.167. The van der Waals surface area contributed by atoms with Gasteiger partial charge in [-0.2, -0.15) is 0 Å². The zero-order valence-electron chi connectivity index (χ0n) is 9.02. The standard InChI is InChI=1S/C14H18O/c1-2-3-4-9-14(15)13-10-11-7-5-6-8-12(11)13/h2,5-8,13-15H,1,3-4,9-10H2. The van der Waals surface area contributed by atoms with Crippen LogP contribution in [0.3, 0.4) is 0 Å². The molecule has 2 atom stereocenters. The molecule has 0 saturated carbocycles. The van der Waals surface area contributed by atoms with Crippen molar-refractivity contribution < 1.29 is 5.11 Å². The van der Waals surface area contributed by atoms with Crippen LogP contribution < -0.4 is 0 Å². The van der Waals surface area contributed by atoms with E-state index in [9.17, 15) is 5.11 Å². The molecule has 1 heteroatoms. The Balaban J connectivity index is 1.89. The first-order valence-electron chi connectivity index (χ1n) is 5.69. The van der Waals surface area contributed by atoms with E-state index in [1.54, 1.807) is 0 Å². The zero-order valence-corrected chi connectivity index (χ0v) is 9.02. The minimum Gasteiger partial charge on any atom is -0.392 e. The van der Waals surface area contributed by atoms with Crippen LogP contribution in [0.1, 0.15) is 36.3 Å². The summed E-state index contributed by atoms with van der Waals surface area (Å²) in [6.07, 6.45) is 5.74. The molecular formula is C14H18O. The van der Waals surface area contributed by atoms with Gasteiger partial charge in [0.05, 0.1) is 6.10 Å². The lowest BCUT2D eigenvalue weighted by Crippen LogP contribution is -2.28. The molecule has 15 heavy (non-hydrogen) atoms. The normalized spacial score (nSPS) is 20.2. The minimum absolute atomic E-state index is 0.167. The fourth-order valence-corrected chi connectivity index (χ4v) is 2.31. The van der Waals surface area contributed by atoms with Crippen LogP contribution in [-0.2, 0) is 6.42 Å². The average molecular weight is 202 g/mol. The first-order valence-corrected chi connectivity index (χ1v) is 5.69. The molecule has 0 aliphatic heterocycles. The van der Waals surface area contributed by atoms with E-state index in [0.717, 1.165) is 25.7 Å². The lowest BCUT2D eigenvalue weighted by molar-refractivity contribution is 0.122. The molecule has 1 aliphatic carbocycles. The molecule has 1 N–H and O–H groups in total. The summed E-state index contributed by atoms with van der Waals surface area (Å²) < 4.78 is 0. The Bertz CT molecular complexity index is 343. The van der Waals surface area contributed by atoms with Gasteiger partial charge in [-0.15, -0.1) is 6.58 Å². The molecule has 2 rings (SSSR count). The quantitative estimate of drug-likeness (QED) is 0.574. The molecule has 80 valence electrons.